The summed E-state index contributed by atoms with van der Waals surface area (Å²) in [7, 11) is 3.87. The van der Waals surface area contributed by atoms with Gasteiger partial charge in [-0.25, -0.2) is 14.6 Å². The average molecular weight is 579 g/mol. The first-order valence-corrected chi connectivity index (χ1v) is 14.8. The zero-order valence-corrected chi connectivity index (χ0v) is 25.2. The van der Waals surface area contributed by atoms with Gasteiger partial charge in [0.1, 0.15) is 11.3 Å². The molecule has 0 atom stereocenters. The number of aromatic nitrogens is 4. The van der Waals surface area contributed by atoms with Crippen LogP contribution >= 0.6 is 0 Å². The zero-order chi connectivity index (χ0) is 29.9. The fraction of sp³-hybridized carbons (Fsp3) is 0.394. The van der Waals surface area contributed by atoms with E-state index in [0.717, 1.165) is 42.0 Å². The van der Waals surface area contributed by atoms with E-state index >= 15 is 0 Å². The van der Waals surface area contributed by atoms with Gasteiger partial charge in [0.25, 0.3) is 11.9 Å². The van der Waals surface area contributed by atoms with Crippen molar-refractivity contribution in [1.29, 1.82) is 0 Å². The number of benzene rings is 2. The normalized spacial score (nSPS) is 18.3. The van der Waals surface area contributed by atoms with E-state index in [1.165, 1.54) is 42.0 Å². The first-order valence-electron chi connectivity index (χ1n) is 14.8. The first kappa shape index (κ1) is 27.5. The van der Waals surface area contributed by atoms with Crippen molar-refractivity contribution in [2.75, 3.05) is 57.9 Å². The Balaban J connectivity index is 1.03. The lowest BCUT2D eigenvalue weighted by Crippen LogP contribution is -2.71. The van der Waals surface area contributed by atoms with Crippen LogP contribution in [0.3, 0.4) is 0 Å². The minimum absolute atomic E-state index is 0.0909. The molecule has 2 aliphatic heterocycles. The molecule has 3 N–H and O–H groups in total. The summed E-state index contributed by atoms with van der Waals surface area (Å²) in [4.78, 5) is 27.5. The molecule has 0 unspecified atom stereocenters. The van der Waals surface area contributed by atoms with Gasteiger partial charge in [0.2, 0.25) is 0 Å². The number of methoxy groups -OCH3 is 1. The third kappa shape index (κ3) is 5.04. The highest BCUT2D eigenvalue weighted by atomic mass is 16.5. The van der Waals surface area contributed by atoms with Gasteiger partial charge in [0, 0.05) is 61.8 Å². The molecule has 0 radical (unpaired) electrons. The lowest BCUT2D eigenvalue weighted by Gasteiger charge is -2.59. The molecule has 2 saturated heterocycles. The summed E-state index contributed by atoms with van der Waals surface area (Å²) in [5.74, 6) is 0.959. The summed E-state index contributed by atoms with van der Waals surface area (Å²) < 4.78 is 6.95. The van der Waals surface area contributed by atoms with E-state index in [-0.39, 0.29) is 22.7 Å². The van der Waals surface area contributed by atoms with E-state index in [0.29, 0.717) is 17.1 Å². The number of nitrogens with one attached hydrogen (secondary N) is 1. The molecular weight excluding hydrogens is 540 g/mol. The molecule has 10 nitrogen and oxygen atoms in total. The SMILES string of the molecule is COc1ccc2c(c1)C(C)(C)Cc1cnc(-n3cc(C(=O)Nc4ccc(CCN5CC6(CN(C)C6)C5)cc4)c(N)n3)nc1-2. The molecule has 2 aromatic heterocycles. The summed E-state index contributed by atoms with van der Waals surface area (Å²) in [6, 6.07) is 14.1. The van der Waals surface area contributed by atoms with E-state index in [4.69, 9.17) is 15.5 Å². The molecule has 2 fully saturated rings. The van der Waals surface area contributed by atoms with Crippen molar-refractivity contribution in [2.45, 2.75) is 32.1 Å². The van der Waals surface area contributed by atoms with Gasteiger partial charge >= 0.3 is 0 Å². The molecule has 3 aliphatic rings. The second-order valence-electron chi connectivity index (χ2n) is 13.2. The molecular formula is C33H38N8O2. The number of anilines is 2. The molecule has 43 heavy (non-hydrogen) atoms. The molecule has 222 valence electrons. The Kier molecular flexibility index (Phi) is 6.51. The van der Waals surface area contributed by atoms with Crippen LogP contribution in [0, 0.1) is 5.41 Å². The Morgan fingerprint density at radius 1 is 1.09 bits per heavy atom. The second kappa shape index (κ2) is 10.2. The number of fused-ring (bicyclic) bond motifs is 3. The van der Waals surface area contributed by atoms with Crippen LogP contribution in [0.2, 0.25) is 0 Å². The minimum atomic E-state index is -0.329. The van der Waals surface area contributed by atoms with Gasteiger partial charge in [-0.3, -0.25) is 4.79 Å². The van der Waals surface area contributed by atoms with Gasteiger partial charge in [-0.15, -0.1) is 5.10 Å². The molecule has 1 amide bonds. The predicted molar refractivity (Wildman–Crippen MR) is 167 cm³/mol. The molecule has 7 rings (SSSR count). The molecule has 1 spiro atoms. The van der Waals surface area contributed by atoms with Crippen molar-refractivity contribution in [3.8, 4) is 23.0 Å². The number of rotatable bonds is 7. The number of carbonyl (C=O) groups is 1. The van der Waals surface area contributed by atoms with Crippen molar-refractivity contribution in [2.24, 2.45) is 5.41 Å². The standard InChI is InChI=1S/C33H38N8O2/c1-32(2)14-22-15-35-31(37-28(22)25-10-9-24(43-4)13-27(25)32)41-16-26(29(34)38-41)30(42)36-23-7-5-21(6-8-23)11-12-40-19-33(20-40)17-39(3)18-33/h5-10,13,15-16H,11-12,14,17-20H2,1-4H3,(H2,34,38)(H,36,42). The van der Waals surface area contributed by atoms with E-state index in [1.54, 1.807) is 13.3 Å². The Labute approximate surface area is 251 Å². The van der Waals surface area contributed by atoms with Crippen LogP contribution in [-0.4, -0.2) is 82.3 Å². The summed E-state index contributed by atoms with van der Waals surface area (Å²) >= 11 is 0. The molecule has 4 heterocycles. The van der Waals surface area contributed by atoms with Crippen LogP contribution in [0.25, 0.3) is 17.2 Å². The molecule has 4 aromatic rings. The van der Waals surface area contributed by atoms with E-state index in [2.05, 4.69) is 64.3 Å². The molecule has 0 saturated carbocycles. The topological polar surface area (TPSA) is 114 Å². The monoisotopic (exact) mass is 578 g/mol. The van der Waals surface area contributed by atoms with E-state index in [1.807, 2.05) is 30.5 Å². The van der Waals surface area contributed by atoms with Crippen molar-refractivity contribution in [3.05, 3.63) is 77.1 Å². The van der Waals surface area contributed by atoms with Crippen LogP contribution in [0.5, 0.6) is 5.75 Å². The molecule has 2 aromatic carbocycles. The van der Waals surface area contributed by atoms with Crippen LogP contribution in [0.15, 0.2) is 54.9 Å². The highest BCUT2D eigenvalue weighted by molar-refractivity contribution is 6.07. The zero-order valence-electron chi connectivity index (χ0n) is 25.2. The second-order valence-corrected chi connectivity index (χ2v) is 13.2. The predicted octanol–water partition coefficient (Wildman–Crippen LogP) is 3.80. The van der Waals surface area contributed by atoms with E-state index < -0.39 is 0 Å². The Bertz CT molecular complexity index is 1700. The highest BCUT2D eigenvalue weighted by Crippen LogP contribution is 2.43. The number of hydrogen-bond acceptors (Lipinski definition) is 8. The maximum absolute atomic E-state index is 13.2. The van der Waals surface area contributed by atoms with Crippen molar-refractivity contribution >= 4 is 17.4 Å². The quantitative estimate of drug-likeness (QED) is 0.341. The summed E-state index contributed by atoms with van der Waals surface area (Å²) in [6.45, 7) is 10.4. The van der Waals surface area contributed by atoms with Crippen LogP contribution in [0.1, 0.15) is 40.9 Å². The summed E-state index contributed by atoms with van der Waals surface area (Å²) in [5.41, 5.74) is 13.0. The van der Waals surface area contributed by atoms with Gasteiger partial charge < -0.3 is 25.6 Å². The van der Waals surface area contributed by atoms with Crippen LogP contribution < -0.4 is 15.8 Å². The van der Waals surface area contributed by atoms with Gasteiger partial charge in [-0.1, -0.05) is 26.0 Å². The van der Waals surface area contributed by atoms with Gasteiger partial charge in [0.05, 0.1) is 12.8 Å². The fourth-order valence-corrected chi connectivity index (χ4v) is 7.12. The van der Waals surface area contributed by atoms with Crippen LogP contribution in [-0.2, 0) is 18.3 Å². The molecule has 10 heteroatoms. The third-order valence-electron chi connectivity index (χ3n) is 9.14. The largest absolute Gasteiger partial charge is 0.497 e. The van der Waals surface area contributed by atoms with Crippen molar-refractivity contribution < 1.29 is 9.53 Å². The smallest absolute Gasteiger partial charge is 0.261 e. The van der Waals surface area contributed by atoms with E-state index in [9.17, 15) is 4.79 Å². The lowest BCUT2D eigenvalue weighted by atomic mass is 9.72. The summed E-state index contributed by atoms with van der Waals surface area (Å²) in [5, 5.41) is 7.33. The van der Waals surface area contributed by atoms with Gasteiger partial charge in [-0.2, -0.15) is 0 Å². The number of nitrogens with zero attached hydrogens (tertiary/aromatic N) is 6. The molecule has 0 bridgehead atoms. The number of carbonyl (C=O) groups excluding carboxylic acids is 1. The lowest BCUT2D eigenvalue weighted by molar-refractivity contribution is -0.103. The average Bonchev–Trinajstić information content (AvgIpc) is 3.35. The number of ether oxygens (including phenoxy) is 1. The Morgan fingerprint density at radius 3 is 2.58 bits per heavy atom. The number of nitrogens with two attached hydrogens (primary N) is 1. The number of nitrogen functional groups attached to an aromatic ring is 1. The third-order valence-corrected chi connectivity index (χ3v) is 9.14. The van der Waals surface area contributed by atoms with Crippen molar-refractivity contribution in [3.63, 3.8) is 0 Å². The fourth-order valence-electron chi connectivity index (χ4n) is 7.12. The van der Waals surface area contributed by atoms with Gasteiger partial charge in [-0.05, 0) is 72.3 Å². The number of hydrogen-bond donors (Lipinski definition) is 2. The van der Waals surface area contributed by atoms with Crippen LogP contribution in [0.4, 0.5) is 11.5 Å². The Hall–Kier alpha value is -4.28. The highest BCUT2D eigenvalue weighted by Gasteiger charge is 2.49. The van der Waals surface area contributed by atoms with Gasteiger partial charge in [0.15, 0.2) is 5.82 Å². The first-order chi connectivity index (χ1) is 20.6. The maximum Gasteiger partial charge on any atom is 0.261 e. The number of likely N-dealkylation sites (tertiary alicyclic amines) is 2. The minimum Gasteiger partial charge on any atom is -0.497 e. The number of amides is 1. The maximum atomic E-state index is 13.2. The summed E-state index contributed by atoms with van der Waals surface area (Å²) in [6.07, 6.45) is 5.23. The Morgan fingerprint density at radius 2 is 1.86 bits per heavy atom. The van der Waals surface area contributed by atoms with Crippen molar-refractivity contribution in [1.82, 2.24) is 29.5 Å². The molecule has 1 aliphatic carbocycles.